The van der Waals surface area contributed by atoms with Gasteiger partial charge in [0.2, 0.25) is 15.4 Å². The largest absolute Gasteiger partial charge is 0.460 e. The van der Waals surface area contributed by atoms with Crippen LogP contribution in [0.15, 0.2) is 85.2 Å². The maximum Gasteiger partial charge on any atom is 0.460 e. The van der Waals surface area contributed by atoms with Crippen LogP contribution in [0.5, 0.6) is 0 Å². The summed E-state index contributed by atoms with van der Waals surface area (Å²) in [7, 11) is -6.43. The molecule has 38 heavy (non-hydrogen) atoms. The minimum atomic E-state index is -3.04. The third-order valence-corrected chi connectivity index (χ3v) is 27.0. The molecule has 1 fully saturated rings. The molecule has 1 aliphatic heterocycles. The molecule has 2 aromatic carbocycles. The van der Waals surface area contributed by atoms with Gasteiger partial charge >= 0.3 is 24.8 Å². The van der Waals surface area contributed by atoms with Gasteiger partial charge in [-0.15, -0.1) is 24.4 Å². The van der Waals surface area contributed by atoms with Gasteiger partial charge in [0.05, 0.1) is 0 Å². The van der Waals surface area contributed by atoms with Crippen molar-refractivity contribution in [3.05, 3.63) is 92.3 Å². The normalized spacial score (nSPS) is 18.4. The number of hydrogen-bond acceptors (Lipinski definition) is 6. The second kappa shape index (κ2) is 14.1. The van der Waals surface area contributed by atoms with E-state index in [0.29, 0.717) is 0 Å². The summed E-state index contributed by atoms with van der Waals surface area (Å²) in [5.41, 5.74) is 3.94. The second-order valence-electron chi connectivity index (χ2n) is 10.7. The lowest BCUT2D eigenvalue weighted by Gasteiger charge is -2.43. The van der Waals surface area contributed by atoms with Gasteiger partial charge in [0.15, 0.2) is 8.32 Å². The summed E-state index contributed by atoms with van der Waals surface area (Å²) >= 11 is 1.82. The molecule has 5 nitrogen and oxygen atoms in total. The van der Waals surface area contributed by atoms with Crippen molar-refractivity contribution in [2.75, 3.05) is 12.9 Å². The lowest BCUT2D eigenvalue weighted by molar-refractivity contribution is 0.294. The van der Waals surface area contributed by atoms with Crippen molar-refractivity contribution in [1.82, 2.24) is 0 Å². The maximum atomic E-state index is 7.08. The van der Waals surface area contributed by atoms with E-state index in [4.69, 9.17) is 21.2 Å². The lowest BCUT2D eigenvalue weighted by atomic mass is 10.4. The van der Waals surface area contributed by atoms with E-state index in [-0.39, 0.29) is 1.43 Å². The van der Waals surface area contributed by atoms with E-state index in [9.17, 15) is 0 Å². The van der Waals surface area contributed by atoms with E-state index in [1.54, 1.807) is 7.11 Å². The molecule has 0 aliphatic carbocycles. The topological polar surface area (TPSA) is 46.2 Å². The Morgan fingerprint density at radius 1 is 0.816 bits per heavy atom. The highest BCUT2D eigenvalue weighted by Crippen LogP contribution is 2.35. The molecule has 3 rings (SSSR count). The molecule has 0 amide bonds. The molecule has 0 N–H and O–H groups in total. The Kier molecular flexibility index (Phi) is 12.3. The monoisotopic (exact) mass is 624 g/mol. The predicted octanol–water partition coefficient (Wildman–Crippen LogP) is 6.62. The van der Waals surface area contributed by atoms with Crippen molar-refractivity contribution in [3.63, 3.8) is 0 Å². The highest BCUT2D eigenvalue weighted by molar-refractivity contribution is 8.27. The Labute approximate surface area is 241 Å². The standard InChI is InChI=1S/C22H34O3Si4.C5H11O2SSi.H2/c1-9-26(3,4)23-28(7,8)25-29(24-27(5,6)10-2,21-17-13-11-14-18-21)22-19-15-12-16-20-22;1-6-9(7-2)5-3-4-8-9;/h9-20H,1-2H2,3-8H3;1,3-5H2,2H3;1H/q;+1;/i;;1+1. The zero-order chi connectivity index (χ0) is 28.5. The van der Waals surface area contributed by atoms with Crippen LogP contribution in [0.1, 0.15) is 7.85 Å². The summed E-state index contributed by atoms with van der Waals surface area (Å²) in [6, 6.07) is 21.8. The molecule has 1 unspecified atom stereocenters. The molecule has 210 valence electrons. The van der Waals surface area contributed by atoms with E-state index in [2.05, 4.69) is 83.8 Å². The van der Waals surface area contributed by atoms with Crippen molar-refractivity contribution >= 4 is 63.1 Å². The molecule has 0 saturated carbocycles. The predicted molar refractivity (Wildman–Crippen MR) is 177 cm³/mol. The molecule has 11 heteroatoms. The Morgan fingerprint density at radius 2 is 1.29 bits per heavy atom. The number of hydrogen-bond donors (Lipinski definition) is 0. The Bertz CT molecular complexity index is 976. The quantitative estimate of drug-likeness (QED) is 0.195. The minimum Gasteiger partial charge on any atom is -0.433 e. The van der Waals surface area contributed by atoms with Crippen LogP contribution in [-0.2, 0) is 21.2 Å². The molecule has 0 aromatic heterocycles. The van der Waals surface area contributed by atoms with Crippen molar-refractivity contribution in [2.45, 2.75) is 51.7 Å². The second-order valence-corrected chi connectivity index (χ2v) is 31.5. The Balaban J connectivity index is 0.000000643. The molecular formula is C27H47O5SSi5+. The van der Waals surface area contributed by atoms with E-state index in [1.807, 2.05) is 59.0 Å². The van der Waals surface area contributed by atoms with E-state index < -0.39 is 41.5 Å². The van der Waals surface area contributed by atoms with Gasteiger partial charge in [0.1, 0.15) is 0 Å². The van der Waals surface area contributed by atoms with Gasteiger partial charge in [-0.05, 0) is 61.8 Å². The first-order valence-electron chi connectivity index (χ1n) is 12.9. The average Bonchev–Trinajstić information content (AvgIpc) is 3.38. The number of rotatable bonds is 12. The van der Waals surface area contributed by atoms with Crippen LogP contribution >= 0.6 is 11.2 Å². The van der Waals surface area contributed by atoms with Crippen LogP contribution in [0.2, 0.25) is 45.3 Å². The van der Waals surface area contributed by atoms with Gasteiger partial charge in [0, 0.05) is 14.6 Å². The van der Waals surface area contributed by atoms with Crippen molar-refractivity contribution in [2.24, 2.45) is 0 Å². The fraction of sp³-hybridized carbons (Fsp3) is 0.370. The fourth-order valence-electron chi connectivity index (χ4n) is 4.11. The summed E-state index contributed by atoms with van der Waals surface area (Å²) < 4.78 is 31.0. The molecule has 0 radical (unpaired) electrons. The summed E-state index contributed by atoms with van der Waals surface area (Å²) in [5.74, 6) is 1.18. The van der Waals surface area contributed by atoms with Gasteiger partial charge in [-0.1, -0.05) is 72.1 Å². The Morgan fingerprint density at radius 3 is 1.63 bits per heavy atom. The summed E-state index contributed by atoms with van der Waals surface area (Å²) in [6.07, 6.45) is 1.22. The molecular weight excluding hydrogens is 577 g/mol. The number of benzene rings is 2. The minimum absolute atomic E-state index is 0. The smallest absolute Gasteiger partial charge is 0.433 e. The van der Waals surface area contributed by atoms with Crippen LogP contribution < -0.4 is 10.4 Å². The zero-order valence-corrected chi connectivity index (χ0v) is 29.9. The summed E-state index contributed by atoms with van der Waals surface area (Å²) in [5, 5.41) is 2.19. The van der Waals surface area contributed by atoms with Crippen LogP contribution in [0.4, 0.5) is 0 Å². The highest BCUT2D eigenvalue weighted by Gasteiger charge is 2.51. The van der Waals surface area contributed by atoms with Crippen LogP contribution in [0, 0.1) is 7.11 Å². The molecule has 1 saturated heterocycles. The van der Waals surface area contributed by atoms with Crippen LogP contribution in [0.3, 0.4) is 0 Å². The maximum absolute atomic E-state index is 7.08. The molecule has 1 atom stereocenters. The van der Waals surface area contributed by atoms with Gasteiger partial charge in [-0.25, -0.2) is 4.43 Å². The van der Waals surface area contributed by atoms with Gasteiger partial charge in [-0.2, -0.15) is 0 Å². The molecule has 0 spiro atoms. The van der Waals surface area contributed by atoms with E-state index in [0.717, 1.165) is 16.4 Å². The molecule has 1 heterocycles. The van der Waals surface area contributed by atoms with Gasteiger partial charge in [0.25, 0.3) is 0 Å². The van der Waals surface area contributed by atoms with Gasteiger partial charge < -0.3 is 16.8 Å². The zero-order valence-electron chi connectivity index (χ0n) is 24.1. The first-order valence-corrected chi connectivity index (χ1v) is 27.2. The molecule has 1 aliphatic rings. The van der Waals surface area contributed by atoms with Crippen molar-refractivity contribution in [3.8, 4) is 0 Å². The average molecular weight is 625 g/mol. The van der Waals surface area contributed by atoms with Gasteiger partial charge in [-0.3, -0.25) is 0 Å². The summed E-state index contributed by atoms with van der Waals surface area (Å²) in [4.78, 5) is 0. The first kappa shape index (κ1) is 33.2. The summed E-state index contributed by atoms with van der Waals surface area (Å²) in [6.45, 7) is 20.9. The molecule has 2 aromatic rings. The van der Waals surface area contributed by atoms with E-state index in [1.165, 1.54) is 12.2 Å². The van der Waals surface area contributed by atoms with E-state index >= 15 is 0 Å². The SMILES string of the molecule is C=C[Si](C)(C)O[Si](C)(C)O[Si](O[Si](C)(C)C=C)(c1ccccc1)c1ccccc1.[2HH].[CH2+]O[Si]1(OC)CCCS1. The lowest BCUT2D eigenvalue weighted by Crippen LogP contribution is -2.71. The molecule has 0 bridgehead atoms. The first-order chi connectivity index (χ1) is 17.8. The fourth-order valence-corrected chi connectivity index (χ4v) is 25.3. The Hall–Kier alpha value is -0.976. The van der Waals surface area contributed by atoms with Crippen molar-refractivity contribution < 1.29 is 22.6 Å². The van der Waals surface area contributed by atoms with Crippen LogP contribution in [0.25, 0.3) is 0 Å². The highest BCUT2D eigenvalue weighted by atomic mass is 32.4. The van der Waals surface area contributed by atoms with Crippen LogP contribution in [-0.4, -0.2) is 54.3 Å². The third-order valence-electron chi connectivity index (χ3n) is 6.08. The third kappa shape index (κ3) is 9.30. The van der Waals surface area contributed by atoms with Crippen molar-refractivity contribution in [1.29, 1.82) is 0 Å².